The van der Waals surface area contributed by atoms with Crippen molar-refractivity contribution in [3.63, 3.8) is 0 Å². The molecule has 1 aromatic carbocycles. The summed E-state index contributed by atoms with van der Waals surface area (Å²) in [6.45, 7) is -2.13. The van der Waals surface area contributed by atoms with Gasteiger partial charge in [0.25, 0.3) is 5.91 Å². The number of ether oxygens (including phenoxy) is 1. The number of nitrogens with one attached hydrogen (secondary N) is 1. The number of hydrogen-bond acceptors (Lipinski definition) is 9. The van der Waals surface area contributed by atoms with E-state index in [-0.39, 0.29) is 36.3 Å². The summed E-state index contributed by atoms with van der Waals surface area (Å²) in [5.74, 6) is -1.33. The largest absolute Gasteiger partial charge is 0.474 e. The number of hydroxylamine groups is 1. The Kier molecular flexibility index (Phi) is 7.58. The van der Waals surface area contributed by atoms with Crippen molar-refractivity contribution < 1.29 is 29.0 Å². The van der Waals surface area contributed by atoms with E-state index < -0.39 is 25.3 Å². The lowest BCUT2D eigenvalue weighted by Crippen LogP contribution is -2.31. The van der Waals surface area contributed by atoms with E-state index in [1.54, 1.807) is 18.2 Å². The molecule has 0 spiro atoms. The first-order chi connectivity index (χ1) is 13.5. The fourth-order valence-corrected chi connectivity index (χ4v) is 2.07. The van der Waals surface area contributed by atoms with Gasteiger partial charge in [-0.05, 0) is 12.1 Å². The third kappa shape index (κ3) is 5.34. The standard InChI is InChI=1S/C17H18FN5O5/c18-4-5-27-17-13(16(26)23-28-9-12(25)8-24)14(20)21-15(22-17)11-3-1-2-10(6-11)7-19/h1-3,6,12,24-25H,4-5,8-9H2,(H,23,26)(H2,20,21,22). The molecule has 10 nitrogen and oxygen atoms in total. The van der Waals surface area contributed by atoms with Gasteiger partial charge in [0.2, 0.25) is 5.88 Å². The molecular formula is C17H18FN5O5. The number of aliphatic hydroxyl groups excluding tert-OH is 2. The number of anilines is 1. The van der Waals surface area contributed by atoms with Crippen LogP contribution in [0.25, 0.3) is 11.4 Å². The van der Waals surface area contributed by atoms with E-state index in [4.69, 9.17) is 25.7 Å². The van der Waals surface area contributed by atoms with E-state index in [1.807, 2.05) is 11.5 Å². The van der Waals surface area contributed by atoms with Crippen LogP contribution in [0.4, 0.5) is 10.2 Å². The zero-order valence-corrected chi connectivity index (χ0v) is 14.6. The van der Waals surface area contributed by atoms with Crippen LogP contribution in [-0.4, -0.2) is 58.7 Å². The molecule has 1 unspecified atom stereocenters. The van der Waals surface area contributed by atoms with Crippen molar-refractivity contribution in [2.24, 2.45) is 0 Å². The molecule has 1 amide bonds. The SMILES string of the molecule is N#Cc1cccc(-c2nc(N)c(C(=O)NOCC(O)CO)c(OCCF)n2)c1. The maximum atomic E-state index is 12.6. The molecule has 0 aliphatic carbocycles. The van der Waals surface area contributed by atoms with Crippen molar-refractivity contribution >= 4 is 11.7 Å². The molecule has 1 aromatic heterocycles. The number of amides is 1. The van der Waals surface area contributed by atoms with Gasteiger partial charge >= 0.3 is 0 Å². The van der Waals surface area contributed by atoms with E-state index in [1.165, 1.54) is 6.07 Å². The molecule has 0 bridgehead atoms. The molecule has 148 valence electrons. The van der Waals surface area contributed by atoms with Crippen molar-refractivity contribution in [2.45, 2.75) is 6.10 Å². The highest BCUT2D eigenvalue weighted by atomic mass is 19.1. The van der Waals surface area contributed by atoms with Gasteiger partial charge in [0.05, 0.1) is 18.2 Å². The summed E-state index contributed by atoms with van der Waals surface area (Å²) in [6.07, 6.45) is -1.19. The summed E-state index contributed by atoms with van der Waals surface area (Å²) in [5, 5.41) is 26.9. The zero-order chi connectivity index (χ0) is 20.5. The number of carbonyl (C=O) groups excluding carboxylic acids is 1. The third-order valence-corrected chi connectivity index (χ3v) is 3.35. The van der Waals surface area contributed by atoms with Crippen molar-refractivity contribution in [3.8, 4) is 23.3 Å². The van der Waals surface area contributed by atoms with Crippen LogP contribution in [0.5, 0.6) is 5.88 Å². The second-order valence-electron chi connectivity index (χ2n) is 5.42. The molecular weight excluding hydrogens is 373 g/mol. The highest BCUT2D eigenvalue weighted by Crippen LogP contribution is 2.26. The summed E-state index contributed by atoms with van der Waals surface area (Å²) in [5.41, 5.74) is 8.41. The Hall–Kier alpha value is -3.33. The van der Waals surface area contributed by atoms with Gasteiger partial charge in [0, 0.05) is 5.56 Å². The first-order valence-electron chi connectivity index (χ1n) is 8.08. The molecule has 2 rings (SSSR count). The molecule has 0 radical (unpaired) electrons. The fraction of sp³-hybridized carbons (Fsp3) is 0.294. The monoisotopic (exact) mass is 391 g/mol. The molecule has 5 N–H and O–H groups in total. The van der Waals surface area contributed by atoms with E-state index in [9.17, 15) is 14.3 Å². The molecule has 0 saturated heterocycles. The van der Waals surface area contributed by atoms with Crippen molar-refractivity contribution in [3.05, 3.63) is 35.4 Å². The Morgan fingerprint density at radius 1 is 1.43 bits per heavy atom. The minimum Gasteiger partial charge on any atom is -0.474 e. The Labute approximate surface area is 159 Å². The van der Waals surface area contributed by atoms with Crippen LogP contribution in [0.2, 0.25) is 0 Å². The average Bonchev–Trinajstić information content (AvgIpc) is 2.71. The molecule has 0 aliphatic rings. The lowest BCUT2D eigenvalue weighted by molar-refractivity contribution is -0.0296. The molecule has 11 heteroatoms. The maximum absolute atomic E-state index is 12.6. The first-order valence-corrected chi connectivity index (χ1v) is 8.08. The van der Waals surface area contributed by atoms with Crippen molar-refractivity contribution in [1.82, 2.24) is 15.4 Å². The average molecular weight is 391 g/mol. The number of halogens is 1. The van der Waals surface area contributed by atoms with Crippen LogP contribution >= 0.6 is 0 Å². The number of nitrogens with zero attached hydrogens (tertiary/aromatic N) is 3. The van der Waals surface area contributed by atoms with Crippen LogP contribution < -0.4 is 16.0 Å². The van der Waals surface area contributed by atoms with Gasteiger partial charge < -0.3 is 20.7 Å². The minimum absolute atomic E-state index is 0.0802. The van der Waals surface area contributed by atoms with Gasteiger partial charge in [0.15, 0.2) is 5.82 Å². The number of alkyl halides is 1. The summed E-state index contributed by atoms with van der Waals surface area (Å²) in [7, 11) is 0. The smallest absolute Gasteiger partial charge is 0.284 e. The first kappa shape index (κ1) is 21.0. The number of rotatable bonds is 9. The molecule has 0 saturated carbocycles. The summed E-state index contributed by atoms with van der Waals surface area (Å²) >= 11 is 0. The van der Waals surface area contributed by atoms with Crippen LogP contribution in [-0.2, 0) is 4.84 Å². The molecule has 1 atom stereocenters. The summed E-state index contributed by atoms with van der Waals surface area (Å²) < 4.78 is 17.7. The number of nitrogens with two attached hydrogens (primary N) is 1. The quantitative estimate of drug-likeness (QED) is 0.429. The maximum Gasteiger partial charge on any atom is 0.284 e. The Bertz CT molecular complexity index is 874. The van der Waals surface area contributed by atoms with Crippen LogP contribution in [0.1, 0.15) is 15.9 Å². The molecule has 0 aliphatic heterocycles. The molecule has 2 aromatic rings. The Morgan fingerprint density at radius 2 is 2.21 bits per heavy atom. The van der Waals surface area contributed by atoms with E-state index in [0.717, 1.165) is 0 Å². The number of hydrogen-bond donors (Lipinski definition) is 4. The number of aliphatic hydroxyl groups is 2. The van der Waals surface area contributed by atoms with Gasteiger partial charge in [0.1, 0.15) is 37.4 Å². The van der Waals surface area contributed by atoms with Gasteiger partial charge in [-0.3, -0.25) is 9.63 Å². The molecule has 28 heavy (non-hydrogen) atoms. The van der Waals surface area contributed by atoms with Gasteiger partial charge in [-0.25, -0.2) is 14.9 Å². The number of carbonyl (C=O) groups is 1. The Balaban J connectivity index is 2.34. The number of aromatic nitrogens is 2. The topological polar surface area (TPSA) is 164 Å². The molecule has 1 heterocycles. The van der Waals surface area contributed by atoms with E-state index in [2.05, 4.69) is 9.97 Å². The second-order valence-corrected chi connectivity index (χ2v) is 5.42. The van der Waals surface area contributed by atoms with Crippen LogP contribution in [0, 0.1) is 11.3 Å². The van der Waals surface area contributed by atoms with Gasteiger partial charge in [-0.2, -0.15) is 10.2 Å². The second kappa shape index (κ2) is 10.1. The van der Waals surface area contributed by atoms with Gasteiger partial charge in [-0.15, -0.1) is 0 Å². The predicted octanol–water partition coefficient (Wildman–Crippen LogP) is -0.0396. The lowest BCUT2D eigenvalue weighted by Gasteiger charge is -2.14. The highest BCUT2D eigenvalue weighted by molar-refractivity contribution is 6.00. The third-order valence-electron chi connectivity index (χ3n) is 3.35. The number of nitrogen functional groups attached to an aromatic ring is 1. The highest BCUT2D eigenvalue weighted by Gasteiger charge is 2.22. The van der Waals surface area contributed by atoms with Gasteiger partial charge in [-0.1, -0.05) is 12.1 Å². The summed E-state index contributed by atoms with van der Waals surface area (Å²) in [6, 6.07) is 8.35. The van der Waals surface area contributed by atoms with E-state index in [0.29, 0.717) is 11.1 Å². The van der Waals surface area contributed by atoms with Crippen molar-refractivity contribution in [2.75, 3.05) is 32.2 Å². The predicted molar refractivity (Wildman–Crippen MR) is 94.6 cm³/mol. The number of benzene rings is 1. The molecule has 0 fully saturated rings. The minimum atomic E-state index is -1.19. The summed E-state index contributed by atoms with van der Waals surface area (Å²) in [4.78, 5) is 25.2. The van der Waals surface area contributed by atoms with E-state index >= 15 is 0 Å². The lowest BCUT2D eigenvalue weighted by atomic mass is 10.1. The fourth-order valence-electron chi connectivity index (χ4n) is 2.07. The number of nitriles is 1. The van der Waals surface area contributed by atoms with Crippen LogP contribution in [0.3, 0.4) is 0 Å². The van der Waals surface area contributed by atoms with Crippen LogP contribution in [0.15, 0.2) is 24.3 Å². The Morgan fingerprint density at radius 3 is 2.89 bits per heavy atom. The normalized spacial score (nSPS) is 11.5. The van der Waals surface area contributed by atoms with Crippen molar-refractivity contribution in [1.29, 1.82) is 5.26 Å². The zero-order valence-electron chi connectivity index (χ0n) is 14.6.